The lowest BCUT2D eigenvalue weighted by molar-refractivity contribution is -0.139. The van der Waals surface area contributed by atoms with E-state index in [9.17, 15) is 31.2 Å². The second-order valence-electron chi connectivity index (χ2n) is 6.97. The van der Waals surface area contributed by atoms with Gasteiger partial charge in [-0.2, -0.15) is 13.2 Å². The van der Waals surface area contributed by atoms with Crippen molar-refractivity contribution < 1.29 is 35.6 Å². The molecule has 0 atom stereocenters. The van der Waals surface area contributed by atoms with Crippen molar-refractivity contribution in [2.24, 2.45) is 0 Å². The van der Waals surface area contributed by atoms with Crippen molar-refractivity contribution in [1.82, 2.24) is 10.2 Å². The number of sulfone groups is 1. The monoisotopic (exact) mass is 482 g/mol. The minimum atomic E-state index is -5.17. The molecule has 0 spiro atoms. The number of hydrogen-bond acceptors (Lipinski definition) is 7. The van der Waals surface area contributed by atoms with Crippen LogP contribution in [0.15, 0.2) is 45.7 Å². The number of nitrogens with one attached hydrogen (secondary N) is 2. The highest BCUT2D eigenvalue weighted by Crippen LogP contribution is 2.42. The molecule has 0 unspecified atom stereocenters. The summed E-state index contributed by atoms with van der Waals surface area (Å²) in [5.41, 5.74) is -3.36. The Hall–Kier alpha value is -3.74. The van der Waals surface area contributed by atoms with E-state index in [1.807, 2.05) is 0 Å². The summed E-state index contributed by atoms with van der Waals surface area (Å²) in [7, 11) is -4.50. The summed E-state index contributed by atoms with van der Waals surface area (Å²) >= 11 is 0. The van der Waals surface area contributed by atoms with Gasteiger partial charge in [0, 0.05) is 24.3 Å². The van der Waals surface area contributed by atoms with Crippen molar-refractivity contribution in [1.29, 1.82) is 0 Å². The molecule has 0 fully saturated rings. The largest absolute Gasteiger partial charge is 0.419 e. The van der Waals surface area contributed by atoms with Gasteiger partial charge in [-0.25, -0.2) is 8.42 Å². The van der Waals surface area contributed by atoms with Crippen LogP contribution in [0.4, 0.5) is 24.9 Å². The summed E-state index contributed by atoms with van der Waals surface area (Å²) in [6, 6.07) is 7.75. The molecular formula is C20H17F3N4O5S. The number of aryl methyl sites for hydroxylation is 1. The van der Waals surface area contributed by atoms with Crippen molar-refractivity contribution in [3.05, 3.63) is 64.5 Å². The first-order valence-corrected chi connectivity index (χ1v) is 11.1. The molecule has 0 saturated heterocycles. The summed E-state index contributed by atoms with van der Waals surface area (Å²) in [5.74, 6) is -1.82. The van der Waals surface area contributed by atoms with E-state index < -0.39 is 55.1 Å². The summed E-state index contributed by atoms with van der Waals surface area (Å²) in [6.07, 6.45) is -4.59. The number of nitrogens with zero attached hydrogens (tertiary/aromatic N) is 2. The predicted octanol–water partition coefficient (Wildman–Crippen LogP) is 3.61. The molecule has 33 heavy (non-hydrogen) atoms. The maximum atomic E-state index is 14.0. The van der Waals surface area contributed by atoms with Gasteiger partial charge < -0.3 is 9.73 Å². The molecule has 0 aliphatic rings. The Morgan fingerprint density at radius 2 is 1.64 bits per heavy atom. The number of amides is 2. The molecule has 2 N–H and O–H groups in total. The van der Waals surface area contributed by atoms with Gasteiger partial charge in [0.2, 0.25) is 5.89 Å². The van der Waals surface area contributed by atoms with Crippen LogP contribution in [0.3, 0.4) is 0 Å². The molecule has 3 rings (SSSR count). The lowest BCUT2D eigenvalue weighted by Crippen LogP contribution is -2.23. The van der Waals surface area contributed by atoms with E-state index in [1.54, 1.807) is 6.07 Å². The summed E-state index contributed by atoms with van der Waals surface area (Å²) < 4.78 is 71.8. The van der Waals surface area contributed by atoms with Gasteiger partial charge in [-0.05, 0) is 30.7 Å². The van der Waals surface area contributed by atoms with Crippen molar-refractivity contribution in [2.75, 3.05) is 16.9 Å². The van der Waals surface area contributed by atoms with Gasteiger partial charge in [0.25, 0.3) is 11.8 Å². The zero-order valence-electron chi connectivity index (χ0n) is 17.4. The number of benzene rings is 2. The van der Waals surface area contributed by atoms with Crippen LogP contribution in [0.2, 0.25) is 0 Å². The van der Waals surface area contributed by atoms with E-state index in [1.165, 1.54) is 31.2 Å². The van der Waals surface area contributed by atoms with Gasteiger partial charge in [-0.1, -0.05) is 23.3 Å². The lowest BCUT2D eigenvalue weighted by Gasteiger charge is -2.21. The molecule has 3 aromatic rings. The number of rotatable bonds is 5. The van der Waals surface area contributed by atoms with Crippen LogP contribution in [-0.4, -0.2) is 36.7 Å². The molecule has 1 heterocycles. The van der Waals surface area contributed by atoms with E-state index >= 15 is 0 Å². The molecule has 2 aromatic carbocycles. The molecular weight excluding hydrogens is 465 g/mol. The highest BCUT2D eigenvalue weighted by atomic mass is 32.2. The van der Waals surface area contributed by atoms with Crippen molar-refractivity contribution in [2.45, 2.75) is 24.9 Å². The zero-order valence-corrected chi connectivity index (χ0v) is 18.3. The fourth-order valence-corrected chi connectivity index (χ4v) is 4.39. The molecule has 1 aromatic heterocycles. The molecule has 13 heteroatoms. The average Bonchev–Trinajstić information content (AvgIpc) is 3.12. The third kappa shape index (κ3) is 5.19. The lowest BCUT2D eigenvalue weighted by atomic mass is 10.0. The third-order valence-corrected chi connectivity index (χ3v) is 5.71. The molecule has 2 amide bonds. The Morgan fingerprint density at radius 3 is 2.15 bits per heavy atom. The van der Waals surface area contributed by atoms with E-state index in [4.69, 9.17) is 4.42 Å². The van der Waals surface area contributed by atoms with E-state index in [2.05, 4.69) is 20.8 Å². The van der Waals surface area contributed by atoms with Crippen LogP contribution in [0.25, 0.3) is 0 Å². The highest BCUT2D eigenvalue weighted by Gasteiger charge is 2.41. The predicted molar refractivity (Wildman–Crippen MR) is 111 cm³/mol. The molecule has 0 radical (unpaired) electrons. The number of alkyl halides is 3. The molecule has 0 aliphatic heterocycles. The normalized spacial score (nSPS) is 11.8. The fourth-order valence-electron chi connectivity index (χ4n) is 3.13. The first-order chi connectivity index (χ1) is 15.3. The number of anilines is 2. The number of aromatic nitrogens is 2. The van der Waals surface area contributed by atoms with Gasteiger partial charge in [0.1, 0.15) is 0 Å². The topological polar surface area (TPSA) is 131 Å². The van der Waals surface area contributed by atoms with Gasteiger partial charge in [-0.15, -0.1) is 5.10 Å². The van der Waals surface area contributed by atoms with E-state index in [0.717, 1.165) is 13.0 Å². The Balaban J connectivity index is 2.21. The fraction of sp³-hybridized carbons (Fsp3) is 0.200. The maximum Gasteiger partial charge on any atom is 0.419 e. The maximum absolute atomic E-state index is 14.0. The standard InChI is InChI=1S/C20H17F3N4O5S/c1-10-13(18(29)25-19-27-26-11(2)32-19)9-14(24-17(28)12-7-5-4-6-8-12)15(20(21,22)23)16(10)33(3,30)31/h4-9H,1-3H3,(H,24,28)(H,25,27,29). The van der Waals surface area contributed by atoms with Gasteiger partial charge in [-0.3, -0.25) is 14.9 Å². The second-order valence-corrected chi connectivity index (χ2v) is 8.92. The summed E-state index contributed by atoms with van der Waals surface area (Å²) in [6.45, 7) is 2.51. The Morgan fingerprint density at radius 1 is 1.00 bits per heavy atom. The average molecular weight is 482 g/mol. The SMILES string of the molecule is Cc1nnc(NC(=O)c2cc(NC(=O)c3ccccc3)c(C(F)(F)F)c(S(C)(=O)=O)c2C)o1. The number of hydrogen-bond donors (Lipinski definition) is 2. The van der Waals surface area contributed by atoms with Crippen molar-refractivity contribution in [3.8, 4) is 0 Å². The zero-order chi connectivity index (χ0) is 24.6. The molecule has 0 saturated carbocycles. The van der Waals surface area contributed by atoms with Crippen LogP contribution in [0, 0.1) is 13.8 Å². The highest BCUT2D eigenvalue weighted by molar-refractivity contribution is 7.90. The van der Waals surface area contributed by atoms with E-state index in [0.29, 0.717) is 6.26 Å². The smallest absolute Gasteiger partial charge is 0.408 e. The molecule has 9 nitrogen and oxygen atoms in total. The third-order valence-electron chi connectivity index (χ3n) is 4.46. The minimum absolute atomic E-state index is 0.0273. The van der Waals surface area contributed by atoms with Crippen LogP contribution in [0.1, 0.15) is 37.7 Å². The van der Waals surface area contributed by atoms with Crippen molar-refractivity contribution in [3.63, 3.8) is 0 Å². The number of carbonyl (C=O) groups is 2. The van der Waals surface area contributed by atoms with Crippen LogP contribution in [-0.2, 0) is 16.0 Å². The minimum Gasteiger partial charge on any atom is -0.408 e. The van der Waals surface area contributed by atoms with Crippen LogP contribution in [0.5, 0.6) is 0 Å². The van der Waals surface area contributed by atoms with Crippen LogP contribution >= 0.6 is 0 Å². The first kappa shape index (κ1) is 23.9. The number of halogens is 3. The van der Waals surface area contributed by atoms with Crippen LogP contribution < -0.4 is 10.6 Å². The Bertz CT molecular complexity index is 1340. The second kappa shape index (κ2) is 8.65. The van der Waals surface area contributed by atoms with E-state index in [-0.39, 0.29) is 17.5 Å². The van der Waals surface area contributed by atoms with Gasteiger partial charge in [0.15, 0.2) is 9.84 Å². The summed E-state index contributed by atoms with van der Waals surface area (Å²) in [5, 5.41) is 11.4. The quantitative estimate of drug-likeness (QED) is 0.568. The van der Waals surface area contributed by atoms with Gasteiger partial charge in [0.05, 0.1) is 16.1 Å². The Kier molecular flexibility index (Phi) is 6.27. The summed E-state index contributed by atoms with van der Waals surface area (Å²) in [4.78, 5) is 24.2. The molecule has 0 aliphatic carbocycles. The first-order valence-electron chi connectivity index (χ1n) is 9.21. The number of carbonyl (C=O) groups excluding carboxylic acids is 2. The van der Waals surface area contributed by atoms with Gasteiger partial charge >= 0.3 is 12.2 Å². The molecule has 0 bridgehead atoms. The Labute approximate surface area is 185 Å². The van der Waals surface area contributed by atoms with Crippen molar-refractivity contribution >= 4 is 33.4 Å². The molecule has 174 valence electrons.